The second kappa shape index (κ2) is 26.4. The molecule has 10 rings (SSSR count). The summed E-state index contributed by atoms with van der Waals surface area (Å²) in [6.07, 6.45) is -9.00. The summed E-state index contributed by atoms with van der Waals surface area (Å²) in [6.45, 7) is 1.16. The average Bonchev–Trinajstić information content (AvgIpc) is 3.72. The van der Waals surface area contributed by atoms with Crippen LogP contribution in [-0.4, -0.2) is 98.4 Å². The van der Waals surface area contributed by atoms with Crippen molar-refractivity contribution in [3.63, 3.8) is 0 Å². The third kappa shape index (κ3) is 13.1. The molecule has 2 saturated heterocycles. The van der Waals surface area contributed by atoms with E-state index >= 15 is 9.59 Å². The largest absolute Gasteiger partial charge is 0.374 e. The van der Waals surface area contributed by atoms with Gasteiger partial charge in [0.1, 0.15) is 48.8 Å². The molecule has 3 heterocycles. The second-order valence-corrected chi connectivity index (χ2v) is 19.0. The van der Waals surface area contributed by atoms with E-state index in [1.54, 1.807) is 31.4 Å². The Balaban J connectivity index is 1.08. The topological polar surface area (TPSA) is 130 Å². The van der Waals surface area contributed by atoms with Crippen molar-refractivity contribution in [2.75, 3.05) is 20.3 Å². The first-order valence-corrected chi connectivity index (χ1v) is 25.8. The first kappa shape index (κ1) is 52.7. The number of ether oxygens (including phenoxy) is 10. The highest BCUT2D eigenvalue weighted by atomic mass is 16.8. The molecule has 3 aliphatic heterocycles. The van der Waals surface area contributed by atoms with Crippen LogP contribution in [0.5, 0.6) is 0 Å². The molecule has 10 atom stereocenters. The van der Waals surface area contributed by atoms with Crippen LogP contribution in [-0.2, 0) is 87.0 Å². The molecule has 76 heavy (non-hydrogen) atoms. The molecule has 7 aromatic rings. The molecule has 2 amide bonds. The summed E-state index contributed by atoms with van der Waals surface area (Å²) in [4.78, 5) is 31.3. The molecule has 392 valence electrons. The summed E-state index contributed by atoms with van der Waals surface area (Å²) >= 11 is 0. The maximum Gasteiger partial charge on any atom is 0.262 e. The zero-order valence-electron chi connectivity index (χ0n) is 42.4. The Morgan fingerprint density at radius 2 is 0.697 bits per heavy atom. The Hall–Kier alpha value is -6.72. The van der Waals surface area contributed by atoms with Gasteiger partial charge in [-0.2, -0.15) is 0 Å². The Morgan fingerprint density at radius 3 is 1.11 bits per heavy atom. The zero-order chi connectivity index (χ0) is 51.9. The zero-order valence-corrected chi connectivity index (χ0v) is 42.4. The molecule has 0 bridgehead atoms. The number of carbonyl (C=O) groups is 2. The van der Waals surface area contributed by atoms with Crippen LogP contribution in [0.15, 0.2) is 206 Å². The van der Waals surface area contributed by atoms with Crippen LogP contribution < -0.4 is 0 Å². The van der Waals surface area contributed by atoms with Crippen LogP contribution in [0.4, 0.5) is 0 Å². The minimum atomic E-state index is -1.41. The van der Waals surface area contributed by atoms with Gasteiger partial charge < -0.3 is 47.4 Å². The molecule has 13 nitrogen and oxygen atoms in total. The van der Waals surface area contributed by atoms with Crippen LogP contribution >= 0.6 is 0 Å². The highest BCUT2D eigenvalue weighted by Gasteiger charge is 2.58. The predicted octanol–water partition coefficient (Wildman–Crippen LogP) is 9.91. The molecular formula is C63H63NO12. The maximum atomic E-state index is 15.0. The fourth-order valence-corrected chi connectivity index (χ4v) is 9.97. The van der Waals surface area contributed by atoms with Crippen molar-refractivity contribution in [3.05, 3.63) is 251 Å². The molecule has 0 radical (unpaired) electrons. The quantitative estimate of drug-likeness (QED) is 0.0535. The molecule has 6 unspecified atom stereocenters. The molecule has 0 saturated carbocycles. The van der Waals surface area contributed by atoms with Gasteiger partial charge in [-0.25, -0.2) is 0 Å². The molecule has 0 spiro atoms. The number of hydrogen-bond donors (Lipinski definition) is 0. The van der Waals surface area contributed by atoms with Gasteiger partial charge in [-0.1, -0.05) is 194 Å². The van der Waals surface area contributed by atoms with Crippen molar-refractivity contribution in [2.24, 2.45) is 0 Å². The van der Waals surface area contributed by atoms with Gasteiger partial charge in [0.15, 0.2) is 12.6 Å². The number of hydrogen-bond acceptors (Lipinski definition) is 12. The monoisotopic (exact) mass is 1030 g/mol. The Morgan fingerprint density at radius 1 is 0.368 bits per heavy atom. The number of carbonyl (C=O) groups excluding carboxylic acids is 2. The lowest BCUT2D eigenvalue weighted by atomic mass is 9.93. The van der Waals surface area contributed by atoms with Crippen LogP contribution in [0.1, 0.15) is 54.1 Å². The average molecular weight is 1030 g/mol. The Kier molecular flexibility index (Phi) is 18.3. The molecule has 7 aromatic carbocycles. The summed E-state index contributed by atoms with van der Waals surface area (Å²) in [6, 6.07) is 64.3. The van der Waals surface area contributed by atoms with Crippen LogP contribution in [0.2, 0.25) is 0 Å². The summed E-state index contributed by atoms with van der Waals surface area (Å²) in [5.74, 6) is -1.06. The van der Waals surface area contributed by atoms with Gasteiger partial charge in [-0.15, -0.1) is 0 Å². The van der Waals surface area contributed by atoms with Crippen molar-refractivity contribution in [1.82, 2.24) is 4.90 Å². The van der Waals surface area contributed by atoms with E-state index in [4.69, 9.17) is 47.4 Å². The summed E-state index contributed by atoms with van der Waals surface area (Å²) in [5, 5.41) is 0. The summed E-state index contributed by atoms with van der Waals surface area (Å²) in [7, 11) is 1.56. The van der Waals surface area contributed by atoms with E-state index in [-0.39, 0.29) is 64.0 Å². The summed E-state index contributed by atoms with van der Waals surface area (Å²) in [5.41, 5.74) is 6.00. The molecular weight excluding hydrogens is 963 g/mol. The van der Waals surface area contributed by atoms with Gasteiger partial charge in [-0.3, -0.25) is 14.5 Å². The molecule has 2 fully saturated rings. The first-order chi connectivity index (χ1) is 37.5. The first-order valence-electron chi connectivity index (χ1n) is 25.8. The lowest BCUT2D eigenvalue weighted by molar-refractivity contribution is -0.363. The van der Waals surface area contributed by atoms with E-state index in [9.17, 15) is 0 Å². The van der Waals surface area contributed by atoms with E-state index in [2.05, 4.69) is 0 Å². The van der Waals surface area contributed by atoms with Crippen LogP contribution in [0.3, 0.4) is 0 Å². The van der Waals surface area contributed by atoms with Gasteiger partial charge >= 0.3 is 0 Å². The third-order valence-corrected chi connectivity index (χ3v) is 13.8. The van der Waals surface area contributed by atoms with Crippen LogP contribution in [0.25, 0.3) is 0 Å². The minimum absolute atomic E-state index is 0.0147. The van der Waals surface area contributed by atoms with Gasteiger partial charge in [0, 0.05) is 7.11 Å². The van der Waals surface area contributed by atoms with Crippen molar-refractivity contribution in [3.8, 4) is 0 Å². The van der Waals surface area contributed by atoms with Crippen LogP contribution in [0, 0.1) is 0 Å². The van der Waals surface area contributed by atoms with E-state index in [1.165, 1.54) is 4.90 Å². The number of imide groups is 1. The molecule has 13 heteroatoms. The number of fused-ring (bicyclic) bond motifs is 1. The number of rotatable bonds is 24. The van der Waals surface area contributed by atoms with Gasteiger partial charge in [0.2, 0.25) is 0 Å². The van der Waals surface area contributed by atoms with E-state index in [0.29, 0.717) is 0 Å². The molecule has 3 aliphatic rings. The third-order valence-electron chi connectivity index (χ3n) is 13.8. The second-order valence-electron chi connectivity index (χ2n) is 19.0. The smallest absolute Gasteiger partial charge is 0.262 e. The normalized spacial score (nSPS) is 24.4. The number of amides is 2. The summed E-state index contributed by atoms with van der Waals surface area (Å²) < 4.78 is 68.7. The SMILES string of the molecule is CO[C@H]1OC(COCc2ccccc2)[C@@H](O[C@@H]2OC(COCc3ccccc3)[C@@H](OCc3ccccc3)C(OCc3ccccc3)C2N2C(=O)c3ccccc3C2=O)C(OCc2ccccc2)C1OCc1ccccc1. The van der Waals surface area contributed by atoms with Crippen molar-refractivity contribution < 1.29 is 57.0 Å². The van der Waals surface area contributed by atoms with Gasteiger partial charge in [-0.05, 0) is 45.5 Å². The number of methoxy groups -OCH3 is 1. The van der Waals surface area contributed by atoms with E-state index in [0.717, 1.165) is 33.4 Å². The molecule has 0 N–H and O–H groups in total. The lowest BCUT2D eigenvalue weighted by Crippen LogP contribution is -2.69. The predicted molar refractivity (Wildman–Crippen MR) is 282 cm³/mol. The highest BCUT2D eigenvalue weighted by Crippen LogP contribution is 2.39. The van der Waals surface area contributed by atoms with Crippen molar-refractivity contribution >= 4 is 11.8 Å². The number of nitrogens with zero attached hydrogens (tertiary/aromatic N) is 1. The van der Waals surface area contributed by atoms with E-state index in [1.807, 2.05) is 182 Å². The molecule has 0 aromatic heterocycles. The maximum absolute atomic E-state index is 15.0. The lowest BCUT2D eigenvalue weighted by Gasteiger charge is -2.51. The fourth-order valence-electron chi connectivity index (χ4n) is 9.97. The minimum Gasteiger partial charge on any atom is -0.374 e. The van der Waals surface area contributed by atoms with Gasteiger partial charge in [0.25, 0.3) is 11.8 Å². The Bertz CT molecular complexity index is 2830. The molecule has 0 aliphatic carbocycles. The standard InChI is InChI=1S/C63H63NO12/c1-67-63-59(73-41-49-32-18-7-19-33-49)58(72-40-48-30-16-6-17-31-48)56(53(75-63)43-69-37-45-24-10-3-11-25-45)76-62-54(64-60(65)50-34-20-21-35-51(50)61(64)66)57(71-39-47-28-14-5-15-29-47)55(70-38-46-26-12-4-13-27-46)52(74-62)42-68-36-44-22-8-2-9-23-44/h2-35,52-59,62-63H,36-43H2,1H3/t52?,53?,54?,55-,56-,57?,58?,59?,62+,63+/m1/s1. The Labute approximate surface area is 444 Å². The highest BCUT2D eigenvalue weighted by molar-refractivity contribution is 6.21. The van der Waals surface area contributed by atoms with Crippen molar-refractivity contribution in [2.45, 2.75) is 101 Å². The van der Waals surface area contributed by atoms with Gasteiger partial charge in [0.05, 0.1) is 64.0 Å². The van der Waals surface area contributed by atoms with E-state index < -0.39 is 73.2 Å². The fraction of sp³-hybridized carbons (Fsp3) is 0.302. The van der Waals surface area contributed by atoms with Crippen molar-refractivity contribution in [1.29, 1.82) is 0 Å². The number of benzene rings is 7.